The molecule has 0 saturated heterocycles. The minimum atomic E-state index is 0.599. The quantitative estimate of drug-likeness (QED) is 0.651. The summed E-state index contributed by atoms with van der Waals surface area (Å²) in [5.41, 5.74) is 3.50. The zero-order valence-corrected chi connectivity index (χ0v) is 7.58. The molecule has 0 spiro atoms. The van der Waals surface area contributed by atoms with E-state index in [1.165, 1.54) is 5.56 Å². The molecule has 0 aliphatic carbocycles. The average molecular weight is 173 g/mol. The lowest BCUT2D eigenvalue weighted by Crippen LogP contribution is -2.05. The molecule has 1 aromatic heterocycles. The van der Waals surface area contributed by atoms with Crippen LogP contribution >= 0.6 is 0 Å². The molecule has 1 aliphatic heterocycles. The summed E-state index contributed by atoms with van der Waals surface area (Å²) in [4.78, 5) is 4.05. The lowest BCUT2D eigenvalue weighted by molar-refractivity contribution is 0.207. The van der Waals surface area contributed by atoms with Crippen molar-refractivity contribution in [1.29, 1.82) is 0 Å². The van der Waals surface area contributed by atoms with Crippen LogP contribution in [0, 0.1) is 0 Å². The Bertz CT molecular complexity index is 379. The van der Waals surface area contributed by atoms with Crippen molar-refractivity contribution in [3.63, 3.8) is 0 Å². The molecule has 0 atom stereocenters. The molecular formula is C11H11NO. The molecule has 2 nitrogen and oxygen atoms in total. The Balaban J connectivity index is 2.58. The Morgan fingerprint density at radius 1 is 1.62 bits per heavy atom. The maximum absolute atomic E-state index is 5.49. The van der Waals surface area contributed by atoms with Crippen molar-refractivity contribution in [3.05, 3.63) is 48.0 Å². The monoisotopic (exact) mass is 173 g/mol. The van der Waals surface area contributed by atoms with Crippen molar-refractivity contribution >= 4 is 5.57 Å². The molecule has 2 heteroatoms. The largest absolute Gasteiger partial charge is 0.489 e. The van der Waals surface area contributed by atoms with E-state index in [0.717, 1.165) is 16.9 Å². The summed E-state index contributed by atoms with van der Waals surface area (Å²) >= 11 is 0. The molecule has 66 valence electrons. The standard InChI is InChI=1S/C11H11NO/c1-3-11-8(2)10-4-5-12-6-9(10)7-13-11/h3-6H,1,7H2,2H3. The van der Waals surface area contributed by atoms with Crippen LogP contribution in [0.2, 0.25) is 0 Å². The fourth-order valence-electron chi connectivity index (χ4n) is 1.52. The molecule has 1 aromatic rings. The molecule has 0 radical (unpaired) electrons. The number of rotatable bonds is 1. The van der Waals surface area contributed by atoms with Gasteiger partial charge in [-0.3, -0.25) is 4.98 Å². The van der Waals surface area contributed by atoms with Crippen LogP contribution in [-0.4, -0.2) is 4.98 Å². The van der Waals surface area contributed by atoms with Gasteiger partial charge in [-0.05, 0) is 30.2 Å². The van der Waals surface area contributed by atoms with E-state index in [-0.39, 0.29) is 0 Å². The van der Waals surface area contributed by atoms with Crippen molar-refractivity contribution in [1.82, 2.24) is 4.98 Å². The lowest BCUT2D eigenvalue weighted by Gasteiger charge is -2.19. The second-order valence-corrected chi connectivity index (χ2v) is 3.01. The van der Waals surface area contributed by atoms with Crippen LogP contribution in [0.25, 0.3) is 5.57 Å². The number of pyridine rings is 1. The summed E-state index contributed by atoms with van der Waals surface area (Å²) < 4.78 is 5.49. The van der Waals surface area contributed by atoms with Crippen LogP contribution in [0.1, 0.15) is 18.1 Å². The highest BCUT2D eigenvalue weighted by Crippen LogP contribution is 2.28. The van der Waals surface area contributed by atoms with Gasteiger partial charge < -0.3 is 4.74 Å². The van der Waals surface area contributed by atoms with Crippen LogP contribution in [0.5, 0.6) is 0 Å². The van der Waals surface area contributed by atoms with Gasteiger partial charge in [-0.15, -0.1) is 0 Å². The van der Waals surface area contributed by atoms with Gasteiger partial charge in [0.25, 0.3) is 0 Å². The van der Waals surface area contributed by atoms with Crippen molar-refractivity contribution in [2.45, 2.75) is 13.5 Å². The Hall–Kier alpha value is -1.57. The van der Waals surface area contributed by atoms with E-state index in [2.05, 4.69) is 11.6 Å². The molecule has 0 N–H and O–H groups in total. The normalized spacial score (nSPS) is 14.8. The van der Waals surface area contributed by atoms with E-state index < -0.39 is 0 Å². The molecule has 0 aromatic carbocycles. The zero-order chi connectivity index (χ0) is 9.26. The van der Waals surface area contributed by atoms with Gasteiger partial charge in [0.05, 0.1) is 0 Å². The fraction of sp³-hybridized carbons (Fsp3) is 0.182. The maximum atomic E-state index is 5.49. The molecule has 0 fully saturated rings. The summed E-state index contributed by atoms with van der Waals surface area (Å²) in [5, 5.41) is 0. The van der Waals surface area contributed by atoms with Gasteiger partial charge in [0.2, 0.25) is 0 Å². The second kappa shape index (κ2) is 3.05. The van der Waals surface area contributed by atoms with Gasteiger partial charge in [0, 0.05) is 18.0 Å². The van der Waals surface area contributed by atoms with E-state index in [1.807, 2.05) is 19.2 Å². The van der Waals surface area contributed by atoms with Gasteiger partial charge in [-0.1, -0.05) is 6.58 Å². The molecule has 2 heterocycles. The SMILES string of the molecule is C=CC1=C(C)c2ccncc2CO1. The van der Waals surface area contributed by atoms with E-state index in [9.17, 15) is 0 Å². The van der Waals surface area contributed by atoms with E-state index >= 15 is 0 Å². The molecule has 2 rings (SSSR count). The highest BCUT2D eigenvalue weighted by molar-refractivity contribution is 5.70. The van der Waals surface area contributed by atoms with Gasteiger partial charge in [0.15, 0.2) is 0 Å². The van der Waals surface area contributed by atoms with Gasteiger partial charge in [0.1, 0.15) is 12.4 Å². The zero-order valence-electron chi connectivity index (χ0n) is 7.58. The minimum Gasteiger partial charge on any atom is -0.489 e. The van der Waals surface area contributed by atoms with Gasteiger partial charge in [-0.25, -0.2) is 0 Å². The van der Waals surface area contributed by atoms with Crippen LogP contribution in [-0.2, 0) is 11.3 Å². The molecule has 0 bridgehead atoms. The Labute approximate surface area is 77.6 Å². The minimum absolute atomic E-state index is 0.599. The molecule has 0 saturated carbocycles. The average Bonchev–Trinajstić information content (AvgIpc) is 2.19. The first-order valence-corrected chi connectivity index (χ1v) is 4.22. The van der Waals surface area contributed by atoms with Crippen LogP contribution in [0.15, 0.2) is 36.9 Å². The molecule has 13 heavy (non-hydrogen) atoms. The van der Waals surface area contributed by atoms with Crippen LogP contribution < -0.4 is 0 Å². The molecular weight excluding hydrogens is 162 g/mol. The predicted molar refractivity (Wildman–Crippen MR) is 51.8 cm³/mol. The number of hydrogen-bond acceptors (Lipinski definition) is 2. The van der Waals surface area contributed by atoms with E-state index in [0.29, 0.717) is 6.61 Å². The third-order valence-electron chi connectivity index (χ3n) is 2.25. The number of hydrogen-bond donors (Lipinski definition) is 0. The lowest BCUT2D eigenvalue weighted by atomic mass is 10.0. The topological polar surface area (TPSA) is 22.1 Å². The smallest absolute Gasteiger partial charge is 0.122 e. The van der Waals surface area contributed by atoms with Gasteiger partial charge in [-0.2, -0.15) is 0 Å². The van der Waals surface area contributed by atoms with Crippen molar-refractivity contribution < 1.29 is 4.74 Å². The number of allylic oxidation sites excluding steroid dienone is 2. The number of nitrogens with zero attached hydrogens (tertiary/aromatic N) is 1. The highest BCUT2D eigenvalue weighted by Gasteiger charge is 2.14. The first kappa shape index (κ1) is 8.05. The third-order valence-corrected chi connectivity index (χ3v) is 2.25. The summed E-state index contributed by atoms with van der Waals surface area (Å²) in [7, 11) is 0. The van der Waals surface area contributed by atoms with Gasteiger partial charge >= 0.3 is 0 Å². The summed E-state index contributed by atoms with van der Waals surface area (Å²) in [6.45, 7) is 6.34. The maximum Gasteiger partial charge on any atom is 0.122 e. The molecule has 0 unspecified atom stereocenters. The summed E-state index contributed by atoms with van der Waals surface area (Å²) in [6, 6.07) is 2.01. The van der Waals surface area contributed by atoms with Crippen molar-refractivity contribution in [3.8, 4) is 0 Å². The van der Waals surface area contributed by atoms with Crippen molar-refractivity contribution in [2.75, 3.05) is 0 Å². The Kier molecular flexibility index (Phi) is 1.89. The van der Waals surface area contributed by atoms with E-state index in [1.54, 1.807) is 12.3 Å². The first-order valence-electron chi connectivity index (χ1n) is 4.22. The molecule has 0 amide bonds. The first-order chi connectivity index (χ1) is 6.33. The Morgan fingerprint density at radius 3 is 3.23 bits per heavy atom. The highest BCUT2D eigenvalue weighted by atomic mass is 16.5. The third kappa shape index (κ3) is 1.24. The van der Waals surface area contributed by atoms with Crippen LogP contribution in [0.3, 0.4) is 0 Å². The van der Waals surface area contributed by atoms with Crippen molar-refractivity contribution in [2.24, 2.45) is 0 Å². The Morgan fingerprint density at radius 2 is 2.46 bits per heavy atom. The fourth-order valence-corrected chi connectivity index (χ4v) is 1.52. The van der Waals surface area contributed by atoms with E-state index in [4.69, 9.17) is 4.74 Å². The molecule has 1 aliphatic rings. The second-order valence-electron chi connectivity index (χ2n) is 3.01. The predicted octanol–water partition coefficient (Wildman–Crippen LogP) is 2.53. The number of aromatic nitrogens is 1. The summed E-state index contributed by atoms with van der Waals surface area (Å²) in [6.07, 6.45) is 5.39. The summed E-state index contributed by atoms with van der Waals surface area (Å²) in [5.74, 6) is 0.874. The number of fused-ring (bicyclic) bond motifs is 1. The number of ether oxygens (including phenoxy) is 1. The van der Waals surface area contributed by atoms with Crippen LogP contribution in [0.4, 0.5) is 0 Å².